The van der Waals surface area contributed by atoms with Crippen molar-refractivity contribution in [1.29, 1.82) is 0 Å². The fraction of sp³-hybridized carbons (Fsp3) is 0.857. The third-order valence-electron chi connectivity index (χ3n) is 4.36. The van der Waals surface area contributed by atoms with Crippen LogP contribution in [0.25, 0.3) is 0 Å². The molecular weight excluding hydrogens is 215 g/mol. The second-order valence-corrected chi connectivity index (χ2v) is 5.70. The molecule has 0 aromatic carbocycles. The highest BCUT2D eigenvalue weighted by Crippen LogP contribution is 2.39. The minimum absolute atomic E-state index is 0.831. The predicted molar refractivity (Wildman–Crippen MR) is 72.0 cm³/mol. The summed E-state index contributed by atoms with van der Waals surface area (Å²) >= 11 is 0. The monoisotopic (exact) mass is 240 g/mol. The molecule has 2 fully saturated rings. The quantitative estimate of drug-likeness (QED) is 0.506. The Bertz CT molecular complexity index is 205. The van der Waals surface area contributed by atoms with Crippen molar-refractivity contribution >= 4 is 9.47 Å². The summed E-state index contributed by atoms with van der Waals surface area (Å²) in [6, 6.07) is 0. The molecule has 1 unspecified atom stereocenters. The van der Waals surface area contributed by atoms with Gasteiger partial charge in [-0.2, -0.15) is 0 Å². The number of allylic oxidation sites excluding steroid dienone is 1. The van der Waals surface area contributed by atoms with E-state index in [1.165, 1.54) is 64.2 Å². The lowest BCUT2D eigenvalue weighted by Crippen LogP contribution is -2.18. The molecule has 0 aromatic heterocycles. The van der Waals surface area contributed by atoms with E-state index < -0.39 is 0 Å². The van der Waals surface area contributed by atoms with E-state index in [2.05, 4.69) is 15.7 Å². The third kappa shape index (κ3) is 3.23. The van der Waals surface area contributed by atoms with Gasteiger partial charge in [0.15, 0.2) is 0 Å². The summed E-state index contributed by atoms with van der Waals surface area (Å²) in [6.45, 7) is 0. The van der Waals surface area contributed by atoms with Gasteiger partial charge in [-0.3, -0.25) is 0 Å². The summed E-state index contributed by atoms with van der Waals surface area (Å²) in [7, 11) is 2.39. The van der Waals surface area contributed by atoms with Gasteiger partial charge in [-0.15, -0.1) is 0 Å². The molecule has 2 aliphatic carbocycles. The number of hydrogen-bond donors (Lipinski definition) is 0. The van der Waals surface area contributed by atoms with Crippen LogP contribution in [-0.2, 0) is 4.52 Å². The van der Waals surface area contributed by atoms with Crippen molar-refractivity contribution in [3.63, 3.8) is 0 Å². The summed E-state index contributed by atoms with van der Waals surface area (Å²) < 4.78 is 5.27. The maximum Gasteiger partial charge on any atom is 0.0858 e. The van der Waals surface area contributed by atoms with Crippen LogP contribution in [0.1, 0.15) is 64.2 Å². The summed E-state index contributed by atoms with van der Waals surface area (Å²) in [6.07, 6.45) is 16.2. The smallest absolute Gasteiger partial charge is 0.0858 e. The molecule has 2 rings (SSSR count). The van der Waals surface area contributed by atoms with Gasteiger partial charge < -0.3 is 4.52 Å². The van der Waals surface area contributed by atoms with E-state index >= 15 is 0 Å². The van der Waals surface area contributed by atoms with Gasteiger partial charge in [0.2, 0.25) is 0 Å². The van der Waals surface area contributed by atoms with Gasteiger partial charge in [0, 0.05) is 0 Å². The van der Waals surface area contributed by atoms with Crippen LogP contribution in [0, 0.1) is 11.8 Å². The number of rotatable bonds is 3. The fourth-order valence-electron chi connectivity index (χ4n) is 3.48. The lowest BCUT2D eigenvalue weighted by molar-refractivity contribution is 0.316. The molecule has 0 heterocycles. The highest BCUT2D eigenvalue weighted by molar-refractivity contribution is 7.10. The Morgan fingerprint density at radius 2 is 1.25 bits per heavy atom. The summed E-state index contributed by atoms with van der Waals surface area (Å²) in [5, 5.41) is 0. The van der Waals surface area contributed by atoms with E-state index in [-0.39, 0.29) is 0 Å². The lowest BCUT2D eigenvalue weighted by Gasteiger charge is -2.31. The largest absolute Gasteiger partial charge is 0.488 e. The van der Waals surface area contributed by atoms with Crippen LogP contribution in [0.3, 0.4) is 0 Å². The second kappa shape index (κ2) is 6.64. The molecule has 0 bridgehead atoms. The molecule has 2 heteroatoms. The normalized spacial score (nSPS) is 24.1. The van der Waals surface area contributed by atoms with Gasteiger partial charge in [-0.05, 0) is 43.1 Å². The van der Waals surface area contributed by atoms with Crippen LogP contribution in [-0.4, -0.2) is 0 Å². The SMILES string of the molecule is POC=C(C1CCCCC1)C1CCCCC1. The first-order valence-corrected chi connectivity index (χ1v) is 7.44. The fourth-order valence-corrected chi connectivity index (χ4v) is 3.63. The molecule has 0 radical (unpaired) electrons. The summed E-state index contributed by atoms with van der Waals surface area (Å²) in [5.41, 5.74) is 1.63. The standard InChI is InChI=1S/C14H25OP/c16-15-11-14(12-7-3-1-4-8-12)13-9-5-2-6-10-13/h11-13H,1-10,16H2. The van der Waals surface area contributed by atoms with Crippen molar-refractivity contribution < 1.29 is 4.52 Å². The van der Waals surface area contributed by atoms with Crippen molar-refractivity contribution in [3.8, 4) is 0 Å². The van der Waals surface area contributed by atoms with Gasteiger partial charge >= 0.3 is 0 Å². The Hall–Kier alpha value is -0.0300. The minimum atomic E-state index is 0.831. The van der Waals surface area contributed by atoms with Crippen molar-refractivity contribution in [3.05, 3.63) is 11.8 Å². The second-order valence-electron chi connectivity index (χ2n) is 5.42. The first-order chi connectivity index (χ1) is 7.92. The molecule has 2 saturated carbocycles. The maximum absolute atomic E-state index is 5.27. The average molecular weight is 240 g/mol. The van der Waals surface area contributed by atoms with Gasteiger partial charge in [0.25, 0.3) is 0 Å². The molecule has 92 valence electrons. The van der Waals surface area contributed by atoms with E-state index in [9.17, 15) is 0 Å². The molecule has 1 atom stereocenters. The number of hydrogen-bond acceptors (Lipinski definition) is 1. The van der Waals surface area contributed by atoms with Crippen molar-refractivity contribution in [1.82, 2.24) is 0 Å². The Morgan fingerprint density at radius 1 is 0.812 bits per heavy atom. The highest BCUT2D eigenvalue weighted by Gasteiger charge is 2.26. The van der Waals surface area contributed by atoms with Crippen LogP contribution >= 0.6 is 9.47 Å². The first kappa shape index (κ1) is 12.4. The van der Waals surface area contributed by atoms with E-state index in [1.807, 2.05) is 0 Å². The van der Waals surface area contributed by atoms with Crippen LogP contribution in [0.15, 0.2) is 11.8 Å². The van der Waals surface area contributed by atoms with E-state index in [1.54, 1.807) is 5.57 Å². The zero-order valence-corrected chi connectivity index (χ0v) is 11.4. The minimum Gasteiger partial charge on any atom is -0.488 e. The van der Waals surface area contributed by atoms with Crippen molar-refractivity contribution in [2.75, 3.05) is 0 Å². The predicted octanol–water partition coefficient (Wildman–Crippen LogP) is 4.84. The van der Waals surface area contributed by atoms with Crippen LogP contribution in [0.2, 0.25) is 0 Å². The Labute approximate surface area is 102 Å². The molecule has 0 spiro atoms. The van der Waals surface area contributed by atoms with E-state index in [0.717, 1.165) is 11.8 Å². The summed E-state index contributed by atoms with van der Waals surface area (Å²) in [5.74, 6) is 1.66. The summed E-state index contributed by atoms with van der Waals surface area (Å²) in [4.78, 5) is 0. The van der Waals surface area contributed by atoms with Crippen molar-refractivity contribution in [2.24, 2.45) is 11.8 Å². The third-order valence-corrected chi connectivity index (χ3v) is 4.49. The van der Waals surface area contributed by atoms with E-state index in [0.29, 0.717) is 0 Å². The van der Waals surface area contributed by atoms with Gasteiger partial charge in [-0.1, -0.05) is 38.5 Å². The Kier molecular flexibility index (Phi) is 5.16. The van der Waals surface area contributed by atoms with E-state index in [4.69, 9.17) is 4.52 Å². The molecule has 16 heavy (non-hydrogen) atoms. The van der Waals surface area contributed by atoms with Gasteiger partial charge in [-0.25, -0.2) is 0 Å². The van der Waals surface area contributed by atoms with Gasteiger partial charge in [0.1, 0.15) is 0 Å². The Balaban J connectivity index is 2.00. The topological polar surface area (TPSA) is 9.23 Å². The van der Waals surface area contributed by atoms with Crippen LogP contribution in [0.5, 0.6) is 0 Å². The molecule has 0 aromatic rings. The molecular formula is C14H25OP. The zero-order chi connectivity index (χ0) is 11.2. The molecule has 0 amide bonds. The molecule has 0 aliphatic heterocycles. The van der Waals surface area contributed by atoms with Crippen LogP contribution < -0.4 is 0 Å². The zero-order valence-electron chi connectivity index (χ0n) is 10.3. The molecule has 0 saturated heterocycles. The van der Waals surface area contributed by atoms with Crippen molar-refractivity contribution in [2.45, 2.75) is 64.2 Å². The highest BCUT2D eigenvalue weighted by atomic mass is 31.0. The lowest BCUT2D eigenvalue weighted by atomic mass is 9.74. The van der Waals surface area contributed by atoms with Gasteiger partial charge in [0.05, 0.1) is 15.7 Å². The first-order valence-electron chi connectivity index (χ1n) is 6.97. The maximum atomic E-state index is 5.27. The molecule has 1 nitrogen and oxygen atoms in total. The Morgan fingerprint density at radius 3 is 1.62 bits per heavy atom. The molecule has 0 N–H and O–H groups in total. The average Bonchev–Trinajstić information content (AvgIpc) is 2.38. The van der Waals surface area contributed by atoms with Crippen LogP contribution in [0.4, 0.5) is 0 Å². The molecule has 2 aliphatic rings.